The van der Waals surface area contributed by atoms with Gasteiger partial charge < -0.3 is 14.7 Å². The van der Waals surface area contributed by atoms with Crippen molar-refractivity contribution in [2.75, 3.05) is 42.5 Å². The van der Waals surface area contributed by atoms with E-state index >= 15 is 0 Å². The third-order valence-electron chi connectivity index (χ3n) is 6.19. The fourth-order valence-electron chi connectivity index (χ4n) is 4.42. The summed E-state index contributed by atoms with van der Waals surface area (Å²) in [5, 5.41) is 1.44. The summed E-state index contributed by atoms with van der Waals surface area (Å²) < 4.78 is 0. The van der Waals surface area contributed by atoms with Crippen molar-refractivity contribution in [2.24, 2.45) is 0 Å². The van der Waals surface area contributed by atoms with E-state index in [9.17, 15) is 9.59 Å². The molecule has 3 aromatic rings. The molecule has 1 fully saturated rings. The number of amides is 2. The number of piperazine rings is 1. The Morgan fingerprint density at radius 2 is 1.82 bits per heavy atom. The number of rotatable bonds is 5. The summed E-state index contributed by atoms with van der Waals surface area (Å²) in [4.78, 5) is 37.6. The Morgan fingerprint density at radius 3 is 2.65 bits per heavy atom. The van der Waals surface area contributed by atoms with Gasteiger partial charge in [0, 0.05) is 60.9 Å². The van der Waals surface area contributed by atoms with Crippen LogP contribution in [0.15, 0.2) is 76.8 Å². The largest absolute Gasteiger partial charge is 0.368 e. The third kappa shape index (κ3) is 4.76. The number of para-hydroxylation sites is 1. The molecule has 0 bridgehead atoms. The highest BCUT2D eigenvalue weighted by atomic mass is 35.5. The zero-order chi connectivity index (χ0) is 23.5. The summed E-state index contributed by atoms with van der Waals surface area (Å²) in [5.74, 6) is 0.0703. The first kappa shape index (κ1) is 22.7. The van der Waals surface area contributed by atoms with Crippen LogP contribution in [0.5, 0.6) is 0 Å². The van der Waals surface area contributed by atoms with E-state index < -0.39 is 0 Å². The van der Waals surface area contributed by atoms with E-state index in [1.165, 1.54) is 11.8 Å². The molecule has 1 aromatic heterocycles. The van der Waals surface area contributed by atoms with Crippen LogP contribution in [0, 0.1) is 0 Å². The molecular weight excluding hydrogens is 468 g/mol. The fraction of sp³-hybridized carbons (Fsp3) is 0.269. The number of halogens is 1. The first-order valence-corrected chi connectivity index (χ1v) is 12.6. The number of hydrogen-bond donors (Lipinski definition) is 0. The Bertz CT molecular complexity index is 1210. The van der Waals surface area contributed by atoms with Gasteiger partial charge in [0.1, 0.15) is 5.03 Å². The van der Waals surface area contributed by atoms with Crippen molar-refractivity contribution >= 4 is 46.6 Å². The molecule has 2 aliphatic rings. The van der Waals surface area contributed by atoms with Crippen molar-refractivity contribution in [1.29, 1.82) is 0 Å². The van der Waals surface area contributed by atoms with E-state index in [1.54, 1.807) is 17.2 Å². The van der Waals surface area contributed by atoms with Crippen LogP contribution < -0.4 is 9.80 Å². The average molecular weight is 493 g/mol. The second-order valence-electron chi connectivity index (χ2n) is 8.33. The molecule has 1 saturated heterocycles. The number of hydrogen-bond acceptors (Lipinski definition) is 5. The molecule has 3 heterocycles. The smallest absolute Gasteiger partial charge is 0.261 e. The highest BCUT2D eigenvalue weighted by Gasteiger charge is 2.28. The van der Waals surface area contributed by atoms with Gasteiger partial charge in [0.05, 0.1) is 11.3 Å². The molecule has 0 spiro atoms. The van der Waals surface area contributed by atoms with E-state index in [0.717, 1.165) is 39.4 Å². The summed E-state index contributed by atoms with van der Waals surface area (Å²) in [6.45, 7) is 3.42. The Hall–Kier alpha value is -3.03. The number of nitrogens with zero attached hydrogens (tertiary/aromatic N) is 4. The standard InChI is InChI=1S/C26H25ClN4O2S/c27-19-6-3-7-20(18-19)29-14-16-30(17-15-29)24(32)11-5-13-31-22-9-1-2-10-23(22)34-25-21(26(31)33)8-4-12-28-25/h1-4,6-10,12,18H,5,11,13-17H2. The van der Waals surface area contributed by atoms with Gasteiger partial charge in [-0.05, 0) is 48.9 Å². The normalized spacial score (nSPS) is 15.6. The Labute approximate surface area is 208 Å². The van der Waals surface area contributed by atoms with Crippen molar-refractivity contribution < 1.29 is 9.59 Å². The van der Waals surface area contributed by atoms with Crippen molar-refractivity contribution in [1.82, 2.24) is 9.88 Å². The van der Waals surface area contributed by atoms with Gasteiger partial charge >= 0.3 is 0 Å². The van der Waals surface area contributed by atoms with Crippen LogP contribution >= 0.6 is 23.4 Å². The fourth-order valence-corrected chi connectivity index (χ4v) is 5.62. The predicted molar refractivity (Wildman–Crippen MR) is 136 cm³/mol. The first-order valence-electron chi connectivity index (χ1n) is 11.4. The van der Waals surface area contributed by atoms with Crippen LogP contribution in [-0.2, 0) is 4.79 Å². The first-order chi connectivity index (χ1) is 16.6. The minimum Gasteiger partial charge on any atom is -0.368 e. The highest BCUT2D eigenvalue weighted by Crippen LogP contribution is 2.40. The van der Waals surface area contributed by atoms with E-state index in [0.29, 0.717) is 38.0 Å². The molecule has 2 aromatic carbocycles. The molecule has 0 N–H and O–H groups in total. The van der Waals surface area contributed by atoms with Crippen molar-refractivity contribution in [3.05, 3.63) is 77.4 Å². The Morgan fingerprint density at radius 1 is 1.00 bits per heavy atom. The summed E-state index contributed by atoms with van der Waals surface area (Å²) in [7, 11) is 0. The van der Waals surface area contributed by atoms with Gasteiger partial charge in [-0.1, -0.05) is 41.6 Å². The minimum absolute atomic E-state index is 0.0665. The lowest BCUT2D eigenvalue weighted by atomic mass is 10.1. The number of aromatic nitrogens is 1. The molecule has 5 rings (SSSR count). The monoisotopic (exact) mass is 492 g/mol. The summed E-state index contributed by atoms with van der Waals surface area (Å²) in [5.41, 5.74) is 2.57. The number of benzene rings is 2. The van der Waals surface area contributed by atoms with Gasteiger partial charge in [-0.2, -0.15) is 0 Å². The number of carbonyl (C=O) groups is 2. The van der Waals surface area contributed by atoms with Gasteiger partial charge in [0.15, 0.2) is 0 Å². The lowest BCUT2D eigenvalue weighted by molar-refractivity contribution is -0.131. The lowest BCUT2D eigenvalue weighted by Gasteiger charge is -2.36. The maximum Gasteiger partial charge on any atom is 0.261 e. The number of anilines is 2. The molecule has 0 atom stereocenters. The van der Waals surface area contributed by atoms with Crippen molar-refractivity contribution in [3.63, 3.8) is 0 Å². The summed E-state index contributed by atoms with van der Waals surface area (Å²) in [6.07, 6.45) is 2.73. The molecule has 2 amide bonds. The number of carbonyl (C=O) groups excluding carboxylic acids is 2. The molecule has 0 saturated carbocycles. The van der Waals surface area contributed by atoms with Crippen LogP contribution in [-0.4, -0.2) is 54.4 Å². The number of pyridine rings is 1. The predicted octanol–water partition coefficient (Wildman–Crippen LogP) is 4.98. The molecule has 8 heteroatoms. The molecule has 174 valence electrons. The van der Waals surface area contributed by atoms with Crippen molar-refractivity contribution in [3.8, 4) is 0 Å². The molecule has 2 aliphatic heterocycles. The Kier molecular flexibility index (Phi) is 6.74. The molecular formula is C26H25ClN4O2S. The van der Waals surface area contributed by atoms with Crippen LogP contribution in [0.25, 0.3) is 0 Å². The van der Waals surface area contributed by atoms with Crippen LogP contribution in [0.1, 0.15) is 23.2 Å². The van der Waals surface area contributed by atoms with Crippen molar-refractivity contribution in [2.45, 2.75) is 22.8 Å². The zero-order valence-electron chi connectivity index (χ0n) is 18.7. The van der Waals surface area contributed by atoms with E-state index in [4.69, 9.17) is 11.6 Å². The summed E-state index contributed by atoms with van der Waals surface area (Å²) in [6, 6.07) is 19.3. The molecule has 0 unspecified atom stereocenters. The van der Waals surface area contributed by atoms with Gasteiger partial charge in [0.25, 0.3) is 5.91 Å². The summed E-state index contributed by atoms with van der Waals surface area (Å²) >= 11 is 7.63. The zero-order valence-corrected chi connectivity index (χ0v) is 20.3. The molecule has 6 nitrogen and oxygen atoms in total. The topological polar surface area (TPSA) is 56.8 Å². The maximum absolute atomic E-state index is 13.3. The van der Waals surface area contributed by atoms with Crippen LogP contribution in [0.4, 0.5) is 11.4 Å². The number of fused-ring (bicyclic) bond motifs is 2. The molecule has 0 radical (unpaired) electrons. The third-order valence-corrected chi connectivity index (χ3v) is 7.51. The second-order valence-corrected chi connectivity index (χ2v) is 9.80. The van der Waals surface area contributed by atoms with Gasteiger partial charge in [-0.3, -0.25) is 9.59 Å². The van der Waals surface area contributed by atoms with Crippen LogP contribution in [0.2, 0.25) is 5.02 Å². The van der Waals surface area contributed by atoms with E-state index in [2.05, 4.69) is 9.88 Å². The SMILES string of the molecule is O=C(CCCN1C(=O)c2cccnc2Sc2ccccc21)N1CCN(c2cccc(Cl)c2)CC1. The van der Waals surface area contributed by atoms with E-state index in [-0.39, 0.29) is 11.8 Å². The van der Waals surface area contributed by atoms with Gasteiger partial charge in [-0.25, -0.2) is 4.98 Å². The second kappa shape index (κ2) is 10.1. The molecule has 0 aliphatic carbocycles. The Balaban J connectivity index is 1.20. The van der Waals surface area contributed by atoms with Crippen LogP contribution in [0.3, 0.4) is 0 Å². The van der Waals surface area contributed by atoms with Gasteiger partial charge in [0.2, 0.25) is 5.91 Å². The maximum atomic E-state index is 13.3. The minimum atomic E-state index is -0.0665. The quantitative estimate of drug-likeness (QED) is 0.503. The van der Waals surface area contributed by atoms with Gasteiger partial charge in [-0.15, -0.1) is 0 Å². The lowest BCUT2D eigenvalue weighted by Crippen LogP contribution is -2.48. The highest BCUT2D eigenvalue weighted by molar-refractivity contribution is 7.99. The van der Waals surface area contributed by atoms with E-state index in [1.807, 2.05) is 59.5 Å². The molecule has 34 heavy (non-hydrogen) atoms. The average Bonchev–Trinajstić information content (AvgIpc) is 2.98.